The summed E-state index contributed by atoms with van der Waals surface area (Å²) in [5.41, 5.74) is -2.37. The first-order chi connectivity index (χ1) is 10.5. The predicted octanol–water partition coefficient (Wildman–Crippen LogP) is 2.66. The first-order valence-electron chi connectivity index (χ1n) is 7.75. The average molecular weight is 322 g/mol. The van der Waals surface area contributed by atoms with Crippen molar-refractivity contribution in [1.29, 1.82) is 0 Å². The average Bonchev–Trinajstić information content (AvgIpc) is 2.74. The van der Waals surface area contributed by atoms with Crippen LogP contribution in [0.15, 0.2) is 24.4 Å². The molecule has 1 aromatic rings. The zero-order chi connectivity index (χ0) is 17.5. The maximum atomic E-state index is 12.7. The standard InChI is InChI=1S/C17H26N2O4/c1-15(2,3)23-14(20)19-13(11-22-16(19,4)5)17(6,21)12-9-7-8-10-18-12/h7-10,13,21H,11H2,1-6H3/t13-,17?/m0/s1. The van der Waals surface area contributed by atoms with Gasteiger partial charge in [-0.3, -0.25) is 9.88 Å². The second kappa shape index (κ2) is 5.76. The van der Waals surface area contributed by atoms with Gasteiger partial charge in [0.15, 0.2) is 0 Å². The molecule has 2 atom stereocenters. The summed E-state index contributed by atoms with van der Waals surface area (Å²) in [7, 11) is 0. The lowest BCUT2D eigenvalue weighted by Gasteiger charge is -2.39. The summed E-state index contributed by atoms with van der Waals surface area (Å²) in [6.45, 7) is 10.8. The summed E-state index contributed by atoms with van der Waals surface area (Å²) in [5, 5.41) is 11.0. The molecule has 6 nitrogen and oxygen atoms in total. The monoisotopic (exact) mass is 322 g/mol. The number of carbonyl (C=O) groups excluding carboxylic acids is 1. The molecule has 0 radical (unpaired) electrons. The number of ether oxygens (including phenoxy) is 2. The minimum Gasteiger partial charge on any atom is -0.444 e. The number of pyridine rings is 1. The van der Waals surface area contributed by atoms with Crippen molar-refractivity contribution in [2.75, 3.05) is 6.61 Å². The van der Waals surface area contributed by atoms with Gasteiger partial charge in [0.2, 0.25) is 0 Å². The molecule has 0 spiro atoms. The zero-order valence-corrected chi connectivity index (χ0v) is 14.7. The Hall–Kier alpha value is -1.66. The van der Waals surface area contributed by atoms with Crippen LogP contribution in [0.1, 0.15) is 47.2 Å². The second-order valence-electron chi connectivity index (χ2n) is 7.49. The molecule has 6 heteroatoms. The molecule has 128 valence electrons. The lowest BCUT2D eigenvalue weighted by atomic mass is 9.91. The van der Waals surface area contributed by atoms with E-state index in [1.165, 1.54) is 4.90 Å². The van der Waals surface area contributed by atoms with Crippen LogP contribution in [-0.2, 0) is 15.1 Å². The molecule has 2 rings (SSSR count). The van der Waals surface area contributed by atoms with E-state index in [1.807, 2.05) is 0 Å². The van der Waals surface area contributed by atoms with Gasteiger partial charge in [0.1, 0.15) is 16.9 Å². The summed E-state index contributed by atoms with van der Waals surface area (Å²) in [5.74, 6) is 0. The minimum atomic E-state index is -1.36. The first-order valence-corrected chi connectivity index (χ1v) is 7.75. The summed E-state index contributed by atoms with van der Waals surface area (Å²) < 4.78 is 11.2. The van der Waals surface area contributed by atoms with E-state index in [4.69, 9.17) is 9.47 Å². The number of hydrogen-bond donors (Lipinski definition) is 1. The summed E-state index contributed by atoms with van der Waals surface area (Å²) >= 11 is 0. The van der Waals surface area contributed by atoms with Gasteiger partial charge in [-0.1, -0.05) is 6.07 Å². The van der Waals surface area contributed by atoms with Crippen molar-refractivity contribution in [2.45, 2.75) is 64.5 Å². The third kappa shape index (κ3) is 3.64. The van der Waals surface area contributed by atoms with Crippen LogP contribution in [0, 0.1) is 0 Å². The number of aliphatic hydroxyl groups is 1. The van der Waals surface area contributed by atoms with Gasteiger partial charge < -0.3 is 14.6 Å². The molecule has 1 aliphatic heterocycles. The quantitative estimate of drug-likeness (QED) is 0.906. The fourth-order valence-electron chi connectivity index (χ4n) is 2.71. The highest BCUT2D eigenvalue weighted by molar-refractivity contribution is 5.70. The molecule has 1 unspecified atom stereocenters. The van der Waals surface area contributed by atoms with Gasteiger partial charge in [-0.2, -0.15) is 0 Å². The summed E-state index contributed by atoms with van der Waals surface area (Å²) in [6, 6.07) is 4.72. The smallest absolute Gasteiger partial charge is 0.413 e. The number of carbonyl (C=O) groups is 1. The van der Waals surface area contributed by atoms with Gasteiger partial charge >= 0.3 is 6.09 Å². The number of nitrogens with zero attached hydrogens (tertiary/aromatic N) is 2. The van der Waals surface area contributed by atoms with Crippen molar-refractivity contribution in [3.05, 3.63) is 30.1 Å². The molecule has 1 aromatic heterocycles. The van der Waals surface area contributed by atoms with Gasteiger partial charge in [0.25, 0.3) is 0 Å². The van der Waals surface area contributed by atoms with Gasteiger partial charge in [0, 0.05) is 6.20 Å². The Morgan fingerprint density at radius 3 is 2.57 bits per heavy atom. The predicted molar refractivity (Wildman–Crippen MR) is 85.7 cm³/mol. The largest absolute Gasteiger partial charge is 0.444 e. The maximum Gasteiger partial charge on any atom is 0.413 e. The zero-order valence-electron chi connectivity index (χ0n) is 14.7. The van der Waals surface area contributed by atoms with Crippen LogP contribution in [0.2, 0.25) is 0 Å². The number of aromatic nitrogens is 1. The van der Waals surface area contributed by atoms with Crippen LogP contribution >= 0.6 is 0 Å². The molecule has 1 fully saturated rings. The van der Waals surface area contributed by atoms with Crippen LogP contribution in [-0.4, -0.2) is 45.1 Å². The lowest BCUT2D eigenvalue weighted by Crippen LogP contribution is -2.56. The van der Waals surface area contributed by atoms with Crippen molar-refractivity contribution in [3.8, 4) is 0 Å². The Labute approximate surface area is 137 Å². The fraction of sp³-hybridized carbons (Fsp3) is 0.647. The van der Waals surface area contributed by atoms with Crippen LogP contribution in [0.3, 0.4) is 0 Å². The number of rotatable bonds is 2. The maximum absolute atomic E-state index is 12.7. The van der Waals surface area contributed by atoms with Crippen molar-refractivity contribution >= 4 is 6.09 Å². The van der Waals surface area contributed by atoms with Gasteiger partial charge in [0.05, 0.1) is 18.3 Å². The Balaban J connectivity index is 2.35. The summed E-state index contributed by atoms with van der Waals surface area (Å²) in [6.07, 6.45) is 1.10. The topological polar surface area (TPSA) is 71.9 Å². The fourth-order valence-corrected chi connectivity index (χ4v) is 2.71. The molecule has 1 aliphatic rings. The Morgan fingerprint density at radius 2 is 2.04 bits per heavy atom. The van der Waals surface area contributed by atoms with Crippen LogP contribution in [0.5, 0.6) is 0 Å². The van der Waals surface area contributed by atoms with Crippen LogP contribution < -0.4 is 0 Å². The highest BCUT2D eigenvalue weighted by atomic mass is 16.6. The van der Waals surface area contributed by atoms with E-state index < -0.39 is 29.1 Å². The SMILES string of the molecule is CC(C)(C)OC(=O)N1[C@H](C(C)(O)c2ccccn2)COC1(C)C. The van der Waals surface area contributed by atoms with Gasteiger partial charge in [-0.25, -0.2) is 4.79 Å². The highest BCUT2D eigenvalue weighted by Crippen LogP contribution is 2.38. The van der Waals surface area contributed by atoms with Crippen molar-refractivity contribution < 1.29 is 19.4 Å². The molecular formula is C17H26N2O4. The van der Waals surface area contributed by atoms with E-state index in [2.05, 4.69) is 4.98 Å². The summed E-state index contributed by atoms with van der Waals surface area (Å²) in [4.78, 5) is 18.3. The molecule has 1 N–H and O–H groups in total. The Bertz CT molecular complexity index is 564. The lowest BCUT2D eigenvalue weighted by molar-refractivity contribution is -0.0808. The van der Waals surface area contributed by atoms with Crippen molar-refractivity contribution in [1.82, 2.24) is 9.88 Å². The third-order valence-electron chi connectivity index (χ3n) is 3.91. The molecular weight excluding hydrogens is 296 g/mol. The Morgan fingerprint density at radius 1 is 1.39 bits per heavy atom. The third-order valence-corrected chi connectivity index (χ3v) is 3.91. The highest BCUT2D eigenvalue weighted by Gasteiger charge is 2.53. The first kappa shape index (κ1) is 17.7. The van der Waals surface area contributed by atoms with Crippen LogP contribution in [0.4, 0.5) is 4.79 Å². The molecule has 0 bridgehead atoms. The molecule has 0 aromatic carbocycles. The van der Waals surface area contributed by atoms with Crippen molar-refractivity contribution in [3.63, 3.8) is 0 Å². The van der Waals surface area contributed by atoms with E-state index >= 15 is 0 Å². The normalized spacial score (nSPS) is 23.4. The second-order valence-corrected chi connectivity index (χ2v) is 7.49. The van der Waals surface area contributed by atoms with Crippen LogP contribution in [0.25, 0.3) is 0 Å². The van der Waals surface area contributed by atoms with Gasteiger partial charge in [-0.05, 0) is 53.7 Å². The number of amides is 1. The van der Waals surface area contributed by atoms with E-state index in [0.717, 1.165) is 0 Å². The van der Waals surface area contributed by atoms with E-state index in [-0.39, 0.29) is 6.61 Å². The Kier molecular flexibility index (Phi) is 4.43. The van der Waals surface area contributed by atoms with E-state index in [9.17, 15) is 9.90 Å². The molecule has 0 aliphatic carbocycles. The molecule has 2 heterocycles. The molecule has 1 saturated heterocycles. The van der Waals surface area contributed by atoms with E-state index in [0.29, 0.717) is 5.69 Å². The minimum absolute atomic E-state index is 0.204. The molecule has 1 amide bonds. The molecule has 0 saturated carbocycles. The number of hydrogen-bond acceptors (Lipinski definition) is 5. The molecule has 23 heavy (non-hydrogen) atoms. The van der Waals surface area contributed by atoms with Crippen molar-refractivity contribution in [2.24, 2.45) is 0 Å². The van der Waals surface area contributed by atoms with E-state index in [1.54, 1.807) is 65.9 Å². The van der Waals surface area contributed by atoms with Gasteiger partial charge in [-0.15, -0.1) is 0 Å².